The molecule has 0 aromatic carbocycles. The molecule has 1 aliphatic rings. The first-order valence-corrected chi connectivity index (χ1v) is 5.44. The molecule has 0 aliphatic carbocycles. The maximum atomic E-state index is 11.6. The molecule has 2 heterocycles. The molecule has 84 valence electrons. The molecule has 1 aromatic heterocycles. The van der Waals surface area contributed by atoms with Gasteiger partial charge in [-0.1, -0.05) is 11.8 Å². The quantitative estimate of drug-likeness (QED) is 0.764. The Balaban J connectivity index is 2.46. The van der Waals surface area contributed by atoms with Gasteiger partial charge in [-0.15, -0.1) is 10.2 Å². The van der Waals surface area contributed by atoms with E-state index in [9.17, 15) is 9.59 Å². The molecule has 16 heavy (non-hydrogen) atoms. The van der Waals surface area contributed by atoms with E-state index < -0.39 is 5.97 Å². The van der Waals surface area contributed by atoms with Crippen LogP contribution in [0.3, 0.4) is 0 Å². The summed E-state index contributed by atoms with van der Waals surface area (Å²) in [5.41, 5.74) is 0.323. The molecule has 0 bridgehead atoms. The van der Waals surface area contributed by atoms with E-state index in [1.165, 1.54) is 18.7 Å². The number of carbonyl (C=O) groups is 1. The topological polar surface area (TPSA) is 97.4 Å². The van der Waals surface area contributed by atoms with Crippen molar-refractivity contribution in [2.24, 2.45) is 5.10 Å². The highest BCUT2D eigenvalue weighted by atomic mass is 32.2. The van der Waals surface area contributed by atoms with Gasteiger partial charge in [-0.2, -0.15) is 9.78 Å². The van der Waals surface area contributed by atoms with Crippen LogP contribution in [-0.2, 0) is 4.79 Å². The molecule has 0 saturated carbocycles. The maximum Gasteiger partial charge on any atom is 0.309 e. The number of thioether (sulfide) groups is 1. The summed E-state index contributed by atoms with van der Waals surface area (Å²) in [6.45, 7) is 1.54. The summed E-state index contributed by atoms with van der Waals surface area (Å²) in [5, 5.41) is 20.5. The van der Waals surface area contributed by atoms with Gasteiger partial charge in [0, 0.05) is 5.75 Å². The van der Waals surface area contributed by atoms with Crippen molar-refractivity contribution < 1.29 is 9.90 Å². The van der Waals surface area contributed by atoms with E-state index in [0.29, 0.717) is 16.6 Å². The Morgan fingerprint density at radius 3 is 3.00 bits per heavy atom. The summed E-state index contributed by atoms with van der Waals surface area (Å²) in [6, 6.07) is 0. The minimum atomic E-state index is -0.963. The second kappa shape index (κ2) is 4.05. The molecule has 0 unspecified atom stereocenters. The zero-order valence-electron chi connectivity index (χ0n) is 8.38. The first-order valence-electron chi connectivity index (χ1n) is 4.45. The lowest BCUT2D eigenvalue weighted by Gasteiger charge is -2.13. The fourth-order valence-corrected chi connectivity index (χ4v) is 2.00. The average molecular weight is 240 g/mol. The summed E-state index contributed by atoms with van der Waals surface area (Å²) in [5.74, 6) is -0.543. The molecule has 0 amide bonds. The van der Waals surface area contributed by atoms with E-state index in [1.54, 1.807) is 0 Å². The number of aliphatic carboxylic acids is 1. The summed E-state index contributed by atoms with van der Waals surface area (Å²) < 4.78 is 1.11. The average Bonchev–Trinajstić information content (AvgIpc) is 2.23. The number of rotatable bonds is 2. The smallest absolute Gasteiger partial charge is 0.309 e. The van der Waals surface area contributed by atoms with Crippen LogP contribution in [0, 0.1) is 6.92 Å². The van der Waals surface area contributed by atoms with E-state index in [1.807, 2.05) is 0 Å². The molecule has 8 heteroatoms. The summed E-state index contributed by atoms with van der Waals surface area (Å²) in [4.78, 5) is 22.2. The number of carboxylic acid groups (broad SMARTS) is 1. The molecule has 1 N–H and O–H groups in total. The normalized spacial score (nSPS) is 14.2. The Bertz CT molecular complexity index is 537. The lowest BCUT2D eigenvalue weighted by molar-refractivity contribution is -0.135. The van der Waals surface area contributed by atoms with Gasteiger partial charge >= 0.3 is 5.97 Å². The van der Waals surface area contributed by atoms with Crippen molar-refractivity contribution in [2.45, 2.75) is 18.5 Å². The number of fused-ring (bicyclic) bond motifs is 1. The summed E-state index contributed by atoms with van der Waals surface area (Å²) >= 11 is 1.26. The highest BCUT2D eigenvalue weighted by Gasteiger charge is 2.18. The van der Waals surface area contributed by atoms with Crippen LogP contribution in [0.5, 0.6) is 0 Å². The Hall–Kier alpha value is -1.70. The highest BCUT2D eigenvalue weighted by molar-refractivity contribution is 7.99. The Labute approximate surface area is 94.2 Å². The van der Waals surface area contributed by atoms with Gasteiger partial charge in [0.15, 0.2) is 0 Å². The third-order valence-electron chi connectivity index (χ3n) is 1.93. The lowest BCUT2D eigenvalue weighted by Crippen LogP contribution is -2.28. The van der Waals surface area contributed by atoms with E-state index >= 15 is 0 Å². The van der Waals surface area contributed by atoms with Crippen LogP contribution in [0.1, 0.15) is 12.1 Å². The molecule has 7 nitrogen and oxygen atoms in total. The van der Waals surface area contributed by atoms with Crippen molar-refractivity contribution in [1.29, 1.82) is 0 Å². The fraction of sp³-hybridized carbons (Fsp3) is 0.375. The van der Waals surface area contributed by atoms with Crippen molar-refractivity contribution >= 4 is 23.4 Å². The lowest BCUT2D eigenvalue weighted by atomic mass is 10.3. The fourth-order valence-electron chi connectivity index (χ4n) is 1.20. The summed E-state index contributed by atoms with van der Waals surface area (Å²) in [6.07, 6.45) is -0.166. The van der Waals surface area contributed by atoms with E-state index in [4.69, 9.17) is 5.11 Å². The number of carboxylic acids is 1. The zero-order chi connectivity index (χ0) is 11.7. The second-order valence-corrected chi connectivity index (χ2v) is 4.15. The zero-order valence-corrected chi connectivity index (χ0v) is 9.19. The number of hydrogen-bond acceptors (Lipinski definition) is 6. The van der Waals surface area contributed by atoms with Crippen LogP contribution in [0.15, 0.2) is 15.1 Å². The number of aryl methyl sites for hydroxylation is 1. The molecular formula is C8H8N4O3S. The van der Waals surface area contributed by atoms with Crippen molar-refractivity contribution in [3.05, 3.63) is 16.0 Å². The van der Waals surface area contributed by atoms with Crippen LogP contribution in [0.4, 0.5) is 0 Å². The van der Waals surface area contributed by atoms with Gasteiger partial charge in [-0.05, 0) is 6.92 Å². The third kappa shape index (κ3) is 1.96. The first-order chi connectivity index (χ1) is 7.58. The molecule has 0 spiro atoms. The van der Waals surface area contributed by atoms with Gasteiger partial charge in [0.2, 0.25) is 5.16 Å². The molecule has 1 aliphatic heterocycles. The van der Waals surface area contributed by atoms with Gasteiger partial charge in [0.25, 0.3) is 5.56 Å². The minimum Gasteiger partial charge on any atom is -0.481 e. The third-order valence-corrected chi connectivity index (χ3v) is 2.92. The van der Waals surface area contributed by atoms with Gasteiger partial charge in [0.1, 0.15) is 5.69 Å². The molecule has 0 radical (unpaired) electrons. The largest absolute Gasteiger partial charge is 0.481 e. The SMILES string of the molecule is Cc1nnc2n(c1=O)N=C(CC(=O)O)CS2. The predicted molar refractivity (Wildman–Crippen MR) is 56.8 cm³/mol. The maximum absolute atomic E-state index is 11.6. The molecular weight excluding hydrogens is 232 g/mol. The summed E-state index contributed by atoms with van der Waals surface area (Å²) in [7, 11) is 0. The number of aromatic nitrogens is 3. The predicted octanol–water partition coefficient (Wildman–Crippen LogP) is -0.269. The highest BCUT2D eigenvalue weighted by Crippen LogP contribution is 2.18. The van der Waals surface area contributed by atoms with Crippen molar-refractivity contribution in [2.75, 3.05) is 5.75 Å². The first kappa shape index (κ1) is 10.8. The Morgan fingerprint density at radius 1 is 1.56 bits per heavy atom. The van der Waals surface area contributed by atoms with E-state index in [2.05, 4.69) is 15.3 Å². The Kier molecular flexibility index (Phi) is 2.73. The monoisotopic (exact) mass is 240 g/mol. The number of nitrogens with zero attached hydrogens (tertiary/aromatic N) is 4. The van der Waals surface area contributed by atoms with E-state index in [-0.39, 0.29) is 17.7 Å². The minimum absolute atomic E-state index is 0.166. The van der Waals surface area contributed by atoms with E-state index in [0.717, 1.165) is 4.68 Å². The molecule has 0 atom stereocenters. The molecule has 2 rings (SSSR count). The van der Waals surface area contributed by atoms with Gasteiger partial charge < -0.3 is 5.11 Å². The van der Waals surface area contributed by atoms with Crippen LogP contribution < -0.4 is 5.56 Å². The number of hydrogen-bond donors (Lipinski definition) is 1. The van der Waals surface area contributed by atoms with Gasteiger partial charge in [-0.3, -0.25) is 9.59 Å². The molecule has 1 aromatic rings. The molecule has 0 saturated heterocycles. The van der Waals surface area contributed by atoms with Gasteiger partial charge in [0.05, 0.1) is 12.1 Å². The van der Waals surface area contributed by atoms with Crippen LogP contribution in [0.2, 0.25) is 0 Å². The van der Waals surface area contributed by atoms with Gasteiger partial charge in [-0.25, -0.2) is 0 Å². The van der Waals surface area contributed by atoms with Crippen molar-refractivity contribution in [3.8, 4) is 0 Å². The Morgan fingerprint density at radius 2 is 2.31 bits per heavy atom. The van der Waals surface area contributed by atoms with Crippen LogP contribution in [0.25, 0.3) is 0 Å². The van der Waals surface area contributed by atoms with Crippen molar-refractivity contribution in [3.63, 3.8) is 0 Å². The second-order valence-electron chi connectivity index (χ2n) is 3.21. The van der Waals surface area contributed by atoms with Crippen LogP contribution in [-0.4, -0.2) is 37.4 Å². The molecule has 0 fully saturated rings. The van der Waals surface area contributed by atoms with Crippen LogP contribution >= 0.6 is 11.8 Å². The van der Waals surface area contributed by atoms with Crippen molar-refractivity contribution in [1.82, 2.24) is 14.9 Å². The standard InChI is InChI=1S/C8H8N4O3S/c1-4-7(15)12-8(10-9-4)16-3-5(11-12)2-6(13)14/h2-3H2,1H3,(H,13,14).